The number of nitrogens with one attached hydrogen (secondary N) is 1. The lowest BCUT2D eigenvalue weighted by atomic mass is 10.2. The lowest BCUT2D eigenvalue weighted by Crippen LogP contribution is -2.40. The highest BCUT2D eigenvalue weighted by molar-refractivity contribution is 7.91. The van der Waals surface area contributed by atoms with Gasteiger partial charge < -0.3 is 19.7 Å². The van der Waals surface area contributed by atoms with E-state index in [1.165, 1.54) is 11.9 Å². The second-order valence-electron chi connectivity index (χ2n) is 10.5. The third-order valence-corrected chi connectivity index (χ3v) is 9.17. The Hall–Kier alpha value is -4.22. The van der Waals surface area contributed by atoms with Gasteiger partial charge in [-0.3, -0.25) is 4.68 Å². The van der Waals surface area contributed by atoms with Gasteiger partial charge in [-0.15, -0.1) is 0 Å². The van der Waals surface area contributed by atoms with Crippen molar-refractivity contribution in [2.45, 2.75) is 19.4 Å². The van der Waals surface area contributed by atoms with E-state index in [1.54, 1.807) is 7.11 Å². The molecule has 0 spiro atoms. The largest absolute Gasteiger partial charge is 0.493 e. The number of sulfone groups is 1. The van der Waals surface area contributed by atoms with Crippen LogP contribution in [0.25, 0.3) is 21.8 Å². The van der Waals surface area contributed by atoms with E-state index >= 15 is 0 Å². The Morgan fingerprint density at radius 2 is 1.79 bits per heavy atom. The highest BCUT2D eigenvalue weighted by atomic mass is 32.2. The summed E-state index contributed by atoms with van der Waals surface area (Å²) in [5.41, 5.74) is 3.90. The number of nitrogens with zero attached hydrogens (tertiary/aromatic N) is 5. The van der Waals surface area contributed by atoms with Crippen molar-refractivity contribution >= 4 is 43.1 Å². The number of methoxy groups -OCH3 is 1. The molecule has 0 aliphatic carbocycles. The molecule has 42 heavy (non-hydrogen) atoms. The number of unbranched alkanes of at least 4 members (excludes halogenated alkanes) is 1. The third kappa shape index (κ3) is 6.47. The molecule has 1 N–H and O–H groups in total. The van der Waals surface area contributed by atoms with E-state index in [1.807, 2.05) is 47.3 Å². The highest BCUT2D eigenvalue weighted by Crippen LogP contribution is 2.35. The van der Waals surface area contributed by atoms with Gasteiger partial charge in [0.25, 0.3) is 0 Å². The van der Waals surface area contributed by atoms with Crippen LogP contribution in [0.1, 0.15) is 18.4 Å². The molecule has 6 rings (SSSR count). The molecule has 0 unspecified atom stereocenters. The lowest BCUT2D eigenvalue weighted by Gasteiger charge is -2.26. The Morgan fingerprint density at radius 3 is 2.60 bits per heavy atom. The molecule has 0 saturated carbocycles. The highest BCUT2D eigenvalue weighted by Gasteiger charge is 2.21. The van der Waals surface area contributed by atoms with Gasteiger partial charge in [0.15, 0.2) is 21.3 Å². The van der Waals surface area contributed by atoms with E-state index in [4.69, 9.17) is 9.47 Å². The summed E-state index contributed by atoms with van der Waals surface area (Å²) in [4.78, 5) is 11.2. The fourth-order valence-electron chi connectivity index (χ4n) is 5.21. The summed E-state index contributed by atoms with van der Waals surface area (Å²) < 4.78 is 37.0. The molecule has 0 bridgehead atoms. The van der Waals surface area contributed by atoms with Crippen LogP contribution in [0.2, 0.25) is 0 Å². The van der Waals surface area contributed by atoms with Crippen LogP contribution in [-0.2, 0) is 16.4 Å². The molecule has 5 aromatic rings. The maximum Gasteiger partial charge on any atom is 0.163 e. The van der Waals surface area contributed by atoms with Crippen LogP contribution in [0, 0.1) is 0 Å². The predicted molar refractivity (Wildman–Crippen MR) is 164 cm³/mol. The SMILES string of the molecule is COc1cc2c(Nc3ccc4c(cnn4Cc4ccccc4)c3)ncnc2cc1OCCCCN1CCS(=O)(=O)CC1. The average Bonchev–Trinajstić information content (AvgIpc) is 3.39. The monoisotopic (exact) mass is 586 g/mol. The summed E-state index contributed by atoms with van der Waals surface area (Å²) >= 11 is 0. The Balaban J connectivity index is 1.11. The third-order valence-electron chi connectivity index (χ3n) is 7.56. The van der Waals surface area contributed by atoms with Crippen molar-refractivity contribution in [2.24, 2.45) is 0 Å². The van der Waals surface area contributed by atoms with Crippen LogP contribution in [-0.4, -0.2) is 77.9 Å². The molecular weight excluding hydrogens is 552 g/mol. The van der Waals surface area contributed by atoms with Crippen molar-refractivity contribution in [3.63, 3.8) is 0 Å². The second kappa shape index (κ2) is 12.3. The van der Waals surface area contributed by atoms with Crippen LogP contribution < -0.4 is 14.8 Å². The maximum atomic E-state index is 11.6. The zero-order chi connectivity index (χ0) is 28.9. The minimum absolute atomic E-state index is 0.255. The Bertz CT molecular complexity index is 1780. The van der Waals surface area contributed by atoms with Crippen molar-refractivity contribution < 1.29 is 17.9 Å². The first kappa shape index (κ1) is 27.9. The number of fused-ring (bicyclic) bond motifs is 2. The predicted octanol–water partition coefficient (Wildman–Crippen LogP) is 4.67. The topological polar surface area (TPSA) is 111 Å². The van der Waals surface area contributed by atoms with E-state index in [2.05, 4.69) is 49.5 Å². The molecule has 218 valence electrons. The number of hydrogen-bond acceptors (Lipinski definition) is 9. The van der Waals surface area contributed by atoms with Crippen molar-refractivity contribution in [1.29, 1.82) is 0 Å². The quantitative estimate of drug-likeness (QED) is 0.221. The molecule has 1 aliphatic rings. The molecule has 0 atom stereocenters. The van der Waals surface area contributed by atoms with Crippen LogP contribution in [0.5, 0.6) is 11.5 Å². The molecule has 2 aromatic heterocycles. The van der Waals surface area contributed by atoms with Gasteiger partial charge in [0.2, 0.25) is 0 Å². The van der Waals surface area contributed by atoms with Gasteiger partial charge in [-0.25, -0.2) is 18.4 Å². The number of ether oxygens (including phenoxy) is 2. The first-order chi connectivity index (χ1) is 20.5. The molecule has 1 fully saturated rings. The van der Waals surface area contributed by atoms with E-state index in [0.717, 1.165) is 46.9 Å². The summed E-state index contributed by atoms with van der Waals surface area (Å²) in [7, 11) is -1.23. The molecule has 3 aromatic carbocycles. The zero-order valence-electron chi connectivity index (χ0n) is 23.6. The van der Waals surface area contributed by atoms with Gasteiger partial charge in [0.1, 0.15) is 12.1 Å². The van der Waals surface area contributed by atoms with Crippen LogP contribution in [0.3, 0.4) is 0 Å². The Morgan fingerprint density at radius 1 is 0.952 bits per heavy atom. The minimum atomic E-state index is -2.85. The lowest BCUT2D eigenvalue weighted by molar-refractivity contribution is 0.256. The zero-order valence-corrected chi connectivity index (χ0v) is 24.4. The van der Waals surface area contributed by atoms with Crippen LogP contribution in [0.15, 0.2) is 73.2 Å². The molecule has 0 radical (unpaired) electrons. The summed E-state index contributed by atoms with van der Waals surface area (Å²) in [6, 6.07) is 20.2. The Labute approximate surface area is 245 Å². The molecular formula is C31H34N6O4S. The number of rotatable bonds is 11. The fraction of sp³-hybridized carbons (Fsp3) is 0.323. The van der Waals surface area contributed by atoms with Crippen molar-refractivity contribution in [1.82, 2.24) is 24.6 Å². The Kier molecular flexibility index (Phi) is 8.20. The van der Waals surface area contributed by atoms with Gasteiger partial charge in [-0.05, 0) is 49.2 Å². The second-order valence-corrected chi connectivity index (χ2v) is 12.8. The summed E-state index contributed by atoms with van der Waals surface area (Å²) in [5, 5.41) is 9.89. The molecule has 3 heterocycles. The maximum absolute atomic E-state index is 11.6. The number of benzene rings is 3. The number of hydrogen-bond donors (Lipinski definition) is 1. The van der Waals surface area contributed by atoms with Gasteiger partial charge >= 0.3 is 0 Å². The number of aromatic nitrogens is 4. The minimum Gasteiger partial charge on any atom is -0.493 e. The first-order valence-electron chi connectivity index (χ1n) is 14.1. The van der Waals surface area contributed by atoms with Crippen LogP contribution >= 0.6 is 0 Å². The van der Waals surface area contributed by atoms with E-state index in [9.17, 15) is 8.42 Å². The van der Waals surface area contributed by atoms with E-state index < -0.39 is 9.84 Å². The summed E-state index contributed by atoms with van der Waals surface area (Å²) in [5.74, 6) is 2.42. The van der Waals surface area contributed by atoms with E-state index in [-0.39, 0.29) is 11.5 Å². The molecule has 10 nitrogen and oxygen atoms in total. The number of anilines is 2. The first-order valence-corrected chi connectivity index (χ1v) is 15.9. The van der Waals surface area contributed by atoms with Gasteiger partial charge in [-0.1, -0.05) is 30.3 Å². The standard InChI is InChI=1S/C31H34N6O4S/c1-40-29-18-26-27(19-30(29)41-14-6-5-11-36-12-15-42(38,39)16-13-36)32-22-33-31(26)35-25-9-10-28-24(17-25)20-34-37(28)21-23-7-3-2-4-8-23/h2-4,7-10,17-20,22H,5-6,11-16,21H2,1H3,(H,32,33,35). The normalized spacial score (nSPS) is 15.2. The van der Waals surface area contributed by atoms with Crippen molar-refractivity contribution in [3.05, 3.63) is 78.8 Å². The molecule has 1 aliphatic heterocycles. The summed E-state index contributed by atoms with van der Waals surface area (Å²) in [6.07, 6.45) is 5.20. The van der Waals surface area contributed by atoms with Gasteiger partial charge in [0.05, 0.1) is 49.0 Å². The fourth-order valence-corrected chi connectivity index (χ4v) is 6.49. The van der Waals surface area contributed by atoms with Crippen molar-refractivity contribution in [2.75, 3.05) is 50.2 Å². The molecule has 0 amide bonds. The molecule has 1 saturated heterocycles. The average molecular weight is 587 g/mol. The smallest absolute Gasteiger partial charge is 0.163 e. The van der Waals surface area contributed by atoms with E-state index in [0.29, 0.717) is 43.6 Å². The van der Waals surface area contributed by atoms with Gasteiger partial charge in [0, 0.05) is 35.6 Å². The van der Waals surface area contributed by atoms with Crippen LogP contribution in [0.4, 0.5) is 11.5 Å². The summed E-state index contributed by atoms with van der Waals surface area (Å²) in [6.45, 7) is 3.34. The van der Waals surface area contributed by atoms with Crippen molar-refractivity contribution in [3.8, 4) is 11.5 Å². The molecule has 11 heteroatoms. The van der Waals surface area contributed by atoms with Gasteiger partial charge in [-0.2, -0.15) is 5.10 Å².